The Morgan fingerprint density at radius 3 is 2.26 bits per heavy atom. The number of hydrogen-bond acceptors (Lipinski definition) is 6. The maximum absolute atomic E-state index is 14.0. The number of methoxy groups -OCH3 is 1. The number of likely N-dealkylation sites (N-methyl/N-ethyl adjacent to an activating group) is 1. The highest BCUT2D eigenvalue weighted by atomic mass is 16.6. The summed E-state index contributed by atoms with van der Waals surface area (Å²) < 4.78 is 16.3. The normalized spacial score (nSPS) is 19.5. The molecule has 8 heteroatoms. The quantitative estimate of drug-likeness (QED) is 0.277. The fraction of sp³-hybridized carbons (Fsp3) is 0.516. The zero-order valence-electron chi connectivity index (χ0n) is 23.9. The van der Waals surface area contributed by atoms with Crippen LogP contribution in [0.2, 0.25) is 0 Å². The summed E-state index contributed by atoms with van der Waals surface area (Å²) >= 11 is 0. The molecule has 1 fully saturated rings. The number of amides is 2. The number of benzene rings is 2. The molecule has 0 radical (unpaired) electrons. The van der Waals surface area contributed by atoms with Gasteiger partial charge in [-0.15, -0.1) is 0 Å². The summed E-state index contributed by atoms with van der Waals surface area (Å²) in [5.41, 5.74) is 2.09. The molecular weight excluding hydrogens is 496 g/mol. The van der Waals surface area contributed by atoms with E-state index in [0.29, 0.717) is 5.75 Å². The molecule has 1 saturated carbocycles. The van der Waals surface area contributed by atoms with Crippen molar-refractivity contribution < 1.29 is 28.6 Å². The highest BCUT2D eigenvalue weighted by molar-refractivity contribution is 6.10. The summed E-state index contributed by atoms with van der Waals surface area (Å²) in [7, 11) is 3.12. The van der Waals surface area contributed by atoms with Gasteiger partial charge in [0, 0.05) is 12.6 Å². The Morgan fingerprint density at radius 1 is 1.03 bits per heavy atom. The summed E-state index contributed by atoms with van der Waals surface area (Å²) in [5, 5.41) is 3.19. The molecule has 0 bridgehead atoms. The highest BCUT2D eigenvalue weighted by Gasteiger charge is 2.53. The highest BCUT2D eigenvalue weighted by Crippen LogP contribution is 2.53. The van der Waals surface area contributed by atoms with E-state index < -0.39 is 23.1 Å². The molecule has 210 valence electrons. The van der Waals surface area contributed by atoms with Crippen LogP contribution in [0.3, 0.4) is 0 Å². The Morgan fingerprint density at radius 2 is 1.67 bits per heavy atom. The minimum Gasteiger partial charge on any atom is -0.496 e. The molecule has 1 N–H and O–H groups in total. The van der Waals surface area contributed by atoms with Gasteiger partial charge in [0.2, 0.25) is 5.91 Å². The van der Waals surface area contributed by atoms with Gasteiger partial charge >= 0.3 is 12.1 Å². The number of carbonyl (C=O) groups excluding carboxylic acids is 3. The van der Waals surface area contributed by atoms with E-state index in [0.717, 1.165) is 53.8 Å². The molecule has 1 heterocycles. The Hall–Kier alpha value is -3.55. The minimum atomic E-state index is -0.837. The van der Waals surface area contributed by atoms with Crippen LogP contribution < -0.4 is 14.8 Å². The zero-order valence-corrected chi connectivity index (χ0v) is 23.9. The van der Waals surface area contributed by atoms with Gasteiger partial charge in [0.1, 0.15) is 29.1 Å². The van der Waals surface area contributed by atoms with Gasteiger partial charge in [0.15, 0.2) is 0 Å². The summed E-state index contributed by atoms with van der Waals surface area (Å²) in [5.74, 6) is 0.627. The van der Waals surface area contributed by atoms with E-state index in [1.807, 2.05) is 31.2 Å². The molecule has 8 nitrogen and oxygen atoms in total. The lowest BCUT2D eigenvalue weighted by atomic mass is 9.64. The first-order valence-electron chi connectivity index (χ1n) is 13.7. The molecule has 1 unspecified atom stereocenters. The van der Waals surface area contributed by atoms with Gasteiger partial charge in [-0.05, 0) is 75.8 Å². The largest absolute Gasteiger partial charge is 0.496 e. The average Bonchev–Trinajstić information content (AvgIpc) is 3.00. The number of nitrogens with one attached hydrogen (secondary N) is 1. The molecule has 2 aromatic rings. The van der Waals surface area contributed by atoms with Gasteiger partial charge in [-0.1, -0.05) is 43.9 Å². The monoisotopic (exact) mass is 536 g/mol. The summed E-state index contributed by atoms with van der Waals surface area (Å²) in [6.07, 6.45) is 5.86. The van der Waals surface area contributed by atoms with E-state index in [2.05, 4.69) is 5.32 Å². The summed E-state index contributed by atoms with van der Waals surface area (Å²) in [6.45, 7) is 7.02. The van der Waals surface area contributed by atoms with Crippen LogP contribution in [0.15, 0.2) is 36.4 Å². The Bertz CT molecular complexity index is 1220. The van der Waals surface area contributed by atoms with Crippen LogP contribution in [0.25, 0.3) is 0 Å². The molecule has 2 amide bonds. The SMILES string of the molecule is COc1ccc2c(c1C)NC(=O)C2(c1ccc(OC(=O)CN(C)C(=O)OC(C)(C)C)cc1)C1CCCCCC1. The smallest absolute Gasteiger partial charge is 0.410 e. The van der Waals surface area contributed by atoms with E-state index in [-0.39, 0.29) is 18.4 Å². The second-order valence-corrected chi connectivity index (χ2v) is 11.6. The van der Waals surface area contributed by atoms with Gasteiger partial charge in [0.05, 0.1) is 12.8 Å². The van der Waals surface area contributed by atoms with Crippen LogP contribution in [-0.4, -0.2) is 49.2 Å². The predicted molar refractivity (Wildman–Crippen MR) is 149 cm³/mol. The van der Waals surface area contributed by atoms with Crippen LogP contribution in [0.4, 0.5) is 10.5 Å². The number of rotatable bonds is 6. The molecule has 1 aliphatic heterocycles. The van der Waals surface area contributed by atoms with E-state index in [1.54, 1.807) is 40.0 Å². The first kappa shape index (κ1) is 28.5. The topological polar surface area (TPSA) is 94.2 Å². The fourth-order valence-corrected chi connectivity index (χ4v) is 5.93. The molecule has 2 aromatic carbocycles. The van der Waals surface area contributed by atoms with Gasteiger partial charge in [0.25, 0.3) is 0 Å². The van der Waals surface area contributed by atoms with Crippen molar-refractivity contribution in [2.24, 2.45) is 5.92 Å². The number of esters is 1. The summed E-state index contributed by atoms with van der Waals surface area (Å²) in [4.78, 5) is 39.9. The predicted octanol–water partition coefficient (Wildman–Crippen LogP) is 5.98. The standard InChI is InChI=1S/C31H40N2O6/c1-20-25(37-6)18-17-24-27(20)32-28(35)31(24,21-11-9-7-8-10-12-21)22-13-15-23(16-14-22)38-26(34)19-33(5)29(36)39-30(2,3)4/h13-18,21H,7-12,19H2,1-6H3,(H,32,35). The Balaban J connectivity index is 1.62. The third kappa shape index (κ3) is 5.75. The first-order chi connectivity index (χ1) is 18.5. The van der Waals surface area contributed by atoms with E-state index in [1.165, 1.54) is 24.8 Å². The van der Waals surface area contributed by atoms with Crippen LogP contribution in [0.5, 0.6) is 11.5 Å². The molecule has 1 atom stereocenters. The van der Waals surface area contributed by atoms with Crippen molar-refractivity contribution >= 4 is 23.7 Å². The van der Waals surface area contributed by atoms with Gasteiger partial charge < -0.3 is 24.4 Å². The molecule has 0 spiro atoms. The first-order valence-corrected chi connectivity index (χ1v) is 13.7. The third-order valence-corrected chi connectivity index (χ3v) is 7.74. The van der Waals surface area contributed by atoms with Crippen molar-refractivity contribution in [3.8, 4) is 11.5 Å². The molecule has 4 rings (SSSR count). The van der Waals surface area contributed by atoms with Crippen molar-refractivity contribution in [3.05, 3.63) is 53.1 Å². The van der Waals surface area contributed by atoms with E-state index in [4.69, 9.17) is 14.2 Å². The zero-order chi connectivity index (χ0) is 28.4. The van der Waals surface area contributed by atoms with Gasteiger partial charge in [-0.2, -0.15) is 0 Å². The lowest BCUT2D eigenvalue weighted by Crippen LogP contribution is -2.43. The number of nitrogens with zero attached hydrogens (tertiary/aromatic N) is 1. The molecule has 2 aliphatic rings. The fourth-order valence-electron chi connectivity index (χ4n) is 5.93. The van der Waals surface area contributed by atoms with Crippen molar-refractivity contribution in [2.45, 2.75) is 77.2 Å². The second-order valence-electron chi connectivity index (χ2n) is 11.6. The van der Waals surface area contributed by atoms with Crippen LogP contribution in [0.1, 0.15) is 76.0 Å². The molecule has 39 heavy (non-hydrogen) atoms. The third-order valence-electron chi connectivity index (χ3n) is 7.74. The minimum absolute atomic E-state index is 0.0236. The lowest BCUT2D eigenvalue weighted by molar-refractivity contribution is -0.135. The van der Waals surface area contributed by atoms with Crippen LogP contribution >= 0.6 is 0 Å². The van der Waals surface area contributed by atoms with Crippen LogP contribution in [0, 0.1) is 12.8 Å². The van der Waals surface area contributed by atoms with Gasteiger partial charge in [-0.25, -0.2) is 9.59 Å². The molecule has 0 saturated heterocycles. The van der Waals surface area contributed by atoms with Gasteiger partial charge in [-0.3, -0.25) is 4.79 Å². The maximum Gasteiger partial charge on any atom is 0.410 e. The Labute approximate surface area is 231 Å². The summed E-state index contributed by atoms with van der Waals surface area (Å²) in [6, 6.07) is 11.2. The second kappa shape index (κ2) is 11.3. The average molecular weight is 537 g/mol. The van der Waals surface area contributed by atoms with Crippen molar-refractivity contribution in [2.75, 3.05) is 26.0 Å². The number of hydrogen-bond donors (Lipinski definition) is 1. The van der Waals surface area contributed by atoms with Crippen molar-refractivity contribution in [3.63, 3.8) is 0 Å². The lowest BCUT2D eigenvalue weighted by Gasteiger charge is -2.36. The van der Waals surface area contributed by atoms with Crippen molar-refractivity contribution in [1.82, 2.24) is 4.90 Å². The van der Waals surface area contributed by atoms with Crippen LogP contribution in [-0.2, 0) is 19.7 Å². The number of carbonyl (C=O) groups is 3. The Kier molecular flexibility index (Phi) is 8.23. The number of fused-ring (bicyclic) bond motifs is 1. The van der Waals surface area contributed by atoms with E-state index >= 15 is 0 Å². The number of anilines is 1. The maximum atomic E-state index is 14.0. The number of ether oxygens (including phenoxy) is 3. The molecular formula is C31H40N2O6. The molecule has 1 aliphatic carbocycles. The van der Waals surface area contributed by atoms with Crippen molar-refractivity contribution in [1.29, 1.82) is 0 Å². The van der Waals surface area contributed by atoms with E-state index in [9.17, 15) is 14.4 Å². The molecule has 0 aromatic heterocycles.